The summed E-state index contributed by atoms with van der Waals surface area (Å²) in [5.41, 5.74) is 2.81. The molecule has 8 heteroatoms. The number of dihydropyridines is 1. The van der Waals surface area contributed by atoms with Gasteiger partial charge in [0.15, 0.2) is 5.78 Å². The third-order valence-electron chi connectivity index (χ3n) is 6.22. The van der Waals surface area contributed by atoms with Crippen molar-refractivity contribution in [3.8, 4) is 5.75 Å². The largest absolute Gasteiger partial charge is 0.497 e. The number of allylic oxidation sites excluding steroid dienone is 3. The summed E-state index contributed by atoms with van der Waals surface area (Å²) in [5.74, 6) is -2.62. The quantitative estimate of drug-likeness (QED) is 0.333. The molecule has 1 N–H and O–H groups in total. The average Bonchev–Trinajstić information content (AvgIpc) is 2.82. The van der Waals surface area contributed by atoms with Crippen LogP contribution in [0.25, 0.3) is 0 Å². The van der Waals surface area contributed by atoms with Gasteiger partial charge < -0.3 is 24.3 Å². The van der Waals surface area contributed by atoms with Crippen LogP contribution in [0.3, 0.4) is 0 Å². The molecular weight excluding hydrogens is 438 g/mol. The topological polar surface area (TPSA) is 100 Å². The summed E-state index contributed by atoms with van der Waals surface area (Å²) in [6, 6.07) is 7.20. The Kier molecular flexibility index (Phi) is 8.50. The van der Waals surface area contributed by atoms with Crippen molar-refractivity contribution < 1.29 is 33.3 Å². The number of Topliss-reactive ketones (excluding diaryl/α,β-unsaturated/α-hetero) is 1. The summed E-state index contributed by atoms with van der Waals surface area (Å²) in [6.07, 6.45) is 1.36. The predicted molar refractivity (Wildman–Crippen MR) is 125 cm³/mol. The summed E-state index contributed by atoms with van der Waals surface area (Å²) in [4.78, 5) is 39.4. The predicted octanol–water partition coefficient (Wildman–Crippen LogP) is 3.28. The van der Waals surface area contributed by atoms with Gasteiger partial charge in [-0.1, -0.05) is 26.0 Å². The Morgan fingerprint density at radius 2 is 1.79 bits per heavy atom. The molecule has 0 fully saturated rings. The van der Waals surface area contributed by atoms with Gasteiger partial charge >= 0.3 is 11.9 Å². The highest BCUT2D eigenvalue weighted by molar-refractivity contribution is 6.12. The number of carbonyl (C=O) groups excluding carboxylic acids is 3. The number of nitrogens with one attached hydrogen (secondary N) is 1. The number of methoxy groups -OCH3 is 2. The summed E-state index contributed by atoms with van der Waals surface area (Å²) < 4.78 is 21.1. The van der Waals surface area contributed by atoms with E-state index in [0.29, 0.717) is 42.2 Å². The molecule has 8 nitrogen and oxygen atoms in total. The molecule has 1 aromatic rings. The SMILES string of the molecule is CCCOCCOC(=O)C1=C(C)NC2=C(C(=O)[C@H](C(=O)OC)[C@H](C)C2)[C@H]1c1ccc(OC)cc1. The number of carbonyl (C=O) groups is 3. The molecule has 0 aromatic heterocycles. The van der Waals surface area contributed by atoms with Crippen molar-refractivity contribution in [2.75, 3.05) is 34.0 Å². The average molecular weight is 472 g/mol. The molecule has 0 bridgehead atoms. The summed E-state index contributed by atoms with van der Waals surface area (Å²) >= 11 is 0. The summed E-state index contributed by atoms with van der Waals surface area (Å²) in [7, 11) is 2.85. The highest BCUT2D eigenvalue weighted by Gasteiger charge is 2.47. The van der Waals surface area contributed by atoms with E-state index in [0.717, 1.165) is 17.7 Å². The maximum Gasteiger partial charge on any atom is 0.336 e. The third kappa shape index (κ3) is 5.17. The van der Waals surface area contributed by atoms with Crippen LogP contribution in [0, 0.1) is 11.8 Å². The molecule has 0 amide bonds. The first-order valence-corrected chi connectivity index (χ1v) is 11.6. The highest BCUT2D eigenvalue weighted by Crippen LogP contribution is 2.45. The molecule has 3 atom stereocenters. The van der Waals surface area contributed by atoms with Crippen molar-refractivity contribution >= 4 is 17.7 Å². The molecule has 0 saturated heterocycles. The number of ether oxygens (including phenoxy) is 4. The van der Waals surface area contributed by atoms with Gasteiger partial charge in [0.2, 0.25) is 0 Å². The molecule has 0 saturated carbocycles. The van der Waals surface area contributed by atoms with Crippen molar-refractivity contribution in [3.63, 3.8) is 0 Å². The number of esters is 2. The Bertz CT molecular complexity index is 993. The Hall–Kier alpha value is -3.13. The van der Waals surface area contributed by atoms with Gasteiger partial charge in [-0.2, -0.15) is 0 Å². The van der Waals surface area contributed by atoms with Crippen molar-refractivity contribution in [2.45, 2.75) is 39.5 Å². The zero-order chi connectivity index (χ0) is 24.8. The number of ketones is 1. The van der Waals surface area contributed by atoms with Gasteiger partial charge in [-0.25, -0.2) is 4.79 Å². The first-order chi connectivity index (χ1) is 16.3. The zero-order valence-corrected chi connectivity index (χ0v) is 20.4. The first-order valence-electron chi connectivity index (χ1n) is 11.6. The van der Waals surface area contributed by atoms with Crippen molar-refractivity contribution in [1.82, 2.24) is 5.32 Å². The van der Waals surface area contributed by atoms with Gasteiger partial charge in [0.05, 0.1) is 26.4 Å². The zero-order valence-electron chi connectivity index (χ0n) is 20.4. The maximum atomic E-state index is 13.7. The minimum absolute atomic E-state index is 0.104. The van der Waals surface area contributed by atoms with Crippen LogP contribution < -0.4 is 10.1 Å². The van der Waals surface area contributed by atoms with Crippen LogP contribution in [0.2, 0.25) is 0 Å². The second-order valence-electron chi connectivity index (χ2n) is 8.56. The fourth-order valence-electron chi connectivity index (χ4n) is 4.60. The van der Waals surface area contributed by atoms with E-state index in [1.54, 1.807) is 26.2 Å². The smallest absolute Gasteiger partial charge is 0.336 e. The molecule has 34 heavy (non-hydrogen) atoms. The van der Waals surface area contributed by atoms with E-state index >= 15 is 0 Å². The summed E-state index contributed by atoms with van der Waals surface area (Å²) in [6.45, 7) is 6.64. The van der Waals surface area contributed by atoms with Gasteiger partial charge in [0.1, 0.15) is 18.3 Å². The van der Waals surface area contributed by atoms with Crippen LogP contribution in [0.4, 0.5) is 0 Å². The van der Waals surface area contributed by atoms with E-state index in [9.17, 15) is 14.4 Å². The molecule has 0 unspecified atom stereocenters. The number of hydrogen-bond acceptors (Lipinski definition) is 8. The van der Waals surface area contributed by atoms with Crippen molar-refractivity contribution in [2.24, 2.45) is 11.8 Å². The van der Waals surface area contributed by atoms with Crippen molar-refractivity contribution in [3.05, 3.63) is 52.4 Å². The number of hydrogen-bond donors (Lipinski definition) is 1. The second kappa shape index (κ2) is 11.3. The minimum Gasteiger partial charge on any atom is -0.497 e. The number of rotatable bonds is 9. The lowest BCUT2D eigenvalue weighted by Crippen LogP contribution is -2.43. The maximum absolute atomic E-state index is 13.7. The summed E-state index contributed by atoms with van der Waals surface area (Å²) in [5, 5.41) is 3.25. The van der Waals surface area contributed by atoms with E-state index in [4.69, 9.17) is 18.9 Å². The van der Waals surface area contributed by atoms with Gasteiger partial charge in [0.25, 0.3) is 0 Å². The van der Waals surface area contributed by atoms with Gasteiger partial charge in [-0.05, 0) is 43.4 Å². The van der Waals surface area contributed by atoms with Crippen LogP contribution in [-0.4, -0.2) is 51.8 Å². The molecular formula is C26H33NO7. The van der Waals surface area contributed by atoms with Crippen LogP contribution >= 0.6 is 0 Å². The van der Waals surface area contributed by atoms with Crippen LogP contribution in [0.15, 0.2) is 46.8 Å². The lowest BCUT2D eigenvalue weighted by atomic mass is 9.69. The minimum atomic E-state index is -0.926. The Morgan fingerprint density at radius 3 is 2.41 bits per heavy atom. The normalized spacial score (nSPS) is 22.1. The second-order valence-corrected chi connectivity index (χ2v) is 8.56. The molecule has 184 valence electrons. The molecule has 1 heterocycles. The van der Waals surface area contributed by atoms with Gasteiger partial charge in [-0.15, -0.1) is 0 Å². The fourth-order valence-corrected chi connectivity index (χ4v) is 4.60. The standard InChI is InChI=1S/C26H33NO7/c1-6-11-33-12-13-34-26(30)21-16(3)27-19-14-15(2)20(25(29)32-5)24(28)23(19)22(21)17-7-9-18(31-4)10-8-17/h7-10,15,20,22,27H,6,11-14H2,1-5H3/t15-,20-,22+/m1/s1. The molecule has 0 radical (unpaired) electrons. The van der Waals surface area contributed by atoms with Crippen LogP contribution in [-0.2, 0) is 28.6 Å². The van der Waals surface area contributed by atoms with E-state index in [1.807, 2.05) is 26.0 Å². The highest BCUT2D eigenvalue weighted by atomic mass is 16.6. The molecule has 1 aliphatic carbocycles. The molecule has 0 spiro atoms. The van der Waals surface area contributed by atoms with E-state index < -0.39 is 23.8 Å². The fraction of sp³-hybridized carbons (Fsp3) is 0.500. The lowest BCUT2D eigenvalue weighted by Gasteiger charge is -2.38. The van der Waals surface area contributed by atoms with E-state index in [1.165, 1.54) is 7.11 Å². The number of benzene rings is 1. The third-order valence-corrected chi connectivity index (χ3v) is 6.22. The first kappa shape index (κ1) is 25.5. The molecule has 1 aliphatic heterocycles. The van der Waals surface area contributed by atoms with E-state index in [-0.39, 0.29) is 18.3 Å². The monoisotopic (exact) mass is 471 g/mol. The lowest BCUT2D eigenvalue weighted by molar-refractivity contribution is -0.151. The Labute approximate surface area is 200 Å². The molecule has 1 aromatic carbocycles. The van der Waals surface area contributed by atoms with Gasteiger partial charge in [-0.3, -0.25) is 9.59 Å². The Balaban J connectivity index is 2.02. The van der Waals surface area contributed by atoms with Crippen LogP contribution in [0.5, 0.6) is 5.75 Å². The van der Waals surface area contributed by atoms with E-state index in [2.05, 4.69) is 5.32 Å². The molecule has 3 rings (SSSR count). The van der Waals surface area contributed by atoms with Gasteiger partial charge in [0, 0.05) is 29.5 Å². The van der Waals surface area contributed by atoms with Crippen molar-refractivity contribution in [1.29, 1.82) is 0 Å². The van der Waals surface area contributed by atoms with Crippen LogP contribution in [0.1, 0.15) is 45.1 Å². The molecule has 2 aliphatic rings. The Morgan fingerprint density at radius 1 is 1.09 bits per heavy atom.